The number of hydrogen-bond donors (Lipinski definition) is 1. The largest absolute Gasteiger partial charge is 0.469 e. The van der Waals surface area contributed by atoms with Crippen molar-refractivity contribution in [3.05, 3.63) is 23.7 Å². The van der Waals surface area contributed by atoms with Gasteiger partial charge in [-0.25, -0.2) is 0 Å². The molecule has 0 aliphatic rings. The maximum atomic E-state index is 11.2. The van der Waals surface area contributed by atoms with E-state index in [0.29, 0.717) is 11.3 Å². The molecule has 0 aliphatic carbocycles. The molecule has 0 aromatic carbocycles. The van der Waals surface area contributed by atoms with Gasteiger partial charge in [-0.2, -0.15) is 0 Å². The molecule has 3 nitrogen and oxygen atoms in total. The van der Waals surface area contributed by atoms with Gasteiger partial charge in [0.15, 0.2) is 0 Å². The summed E-state index contributed by atoms with van der Waals surface area (Å²) in [4.78, 5) is 11.2. The first-order valence-electron chi connectivity index (χ1n) is 3.51. The van der Waals surface area contributed by atoms with E-state index in [9.17, 15) is 4.79 Å². The Hall–Kier alpha value is -1.69. The number of hydrogen-bond acceptors (Lipinski definition) is 2. The molecule has 0 saturated heterocycles. The predicted octanol–water partition coefficient (Wildman–Crippen LogP) is 0.951. The minimum absolute atomic E-state index is 0.204. The van der Waals surface area contributed by atoms with E-state index in [4.69, 9.17) is 10.8 Å². The van der Waals surface area contributed by atoms with E-state index in [2.05, 4.69) is 11.2 Å². The van der Waals surface area contributed by atoms with Crippen molar-refractivity contribution in [2.45, 2.75) is 6.92 Å². The van der Waals surface area contributed by atoms with Crippen molar-refractivity contribution in [1.29, 1.82) is 0 Å². The number of carbonyl (C=O) groups excluding carboxylic acids is 1. The second-order valence-electron chi connectivity index (χ2n) is 2.33. The van der Waals surface area contributed by atoms with Gasteiger partial charge in [-0.05, 0) is 13.0 Å². The second-order valence-corrected chi connectivity index (χ2v) is 2.33. The second kappa shape index (κ2) is 3.63. The van der Waals surface area contributed by atoms with Crippen LogP contribution in [0.15, 0.2) is 16.7 Å². The van der Waals surface area contributed by atoms with Crippen molar-refractivity contribution in [3.8, 4) is 12.3 Å². The van der Waals surface area contributed by atoms with Crippen LogP contribution in [0.2, 0.25) is 0 Å². The monoisotopic (exact) mass is 163 g/mol. The zero-order chi connectivity index (χ0) is 8.97. The first kappa shape index (κ1) is 8.41. The van der Waals surface area contributed by atoms with Crippen molar-refractivity contribution in [3.63, 3.8) is 0 Å². The fraction of sp³-hybridized carbons (Fsp3) is 0.222. The van der Waals surface area contributed by atoms with E-state index in [0.717, 1.165) is 0 Å². The molecule has 0 atom stereocenters. The maximum absolute atomic E-state index is 11.2. The summed E-state index contributed by atoms with van der Waals surface area (Å²) in [5.41, 5.74) is 0.503. The highest BCUT2D eigenvalue weighted by Gasteiger charge is 2.06. The quantitative estimate of drug-likeness (QED) is 0.659. The molecule has 0 bridgehead atoms. The van der Waals surface area contributed by atoms with Crippen LogP contribution in [-0.4, -0.2) is 12.5 Å². The lowest BCUT2D eigenvalue weighted by Gasteiger charge is -1.95. The van der Waals surface area contributed by atoms with E-state index >= 15 is 0 Å². The van der Waals surface area contributed by atoms with Crippen molar-refractivity contribution in [1.82, 2.24) is 5.32 Å². The van der Waals surface area contributed by atoms with Crippen LogP contribution >= 0.6 is 0 Å². The van der Waals surface area contributed by atoms with E-state index in [1.807, 2.05) is 0 Å². The van der Waals surface area contributed by atoms with Crippen LogP contribution in [0.3, 0.4) is 0 Å². The summed E-state index contributed by atoms with van der Waals surface area (Å²) in [7, 11) is 0. The normalized spacial score (nSPS) is 9.00. The van der Waals surface area contributed by atoms with Crippen molar-refractivity contribution in [2.24, 2.45) is 0 Å². The van der Waals surface area contributed by atoms with E-state index < -0.39 is 0 Å². The van der Waals surface area contributed by atoms with Crippen molar-refractivity contribution < 1.29 is 9.21 Å². The number of furan rings is 1. The fourth-order valence-electron chi connectivity index (χ4n) is 0.796. The molecule has 0 spiro atoms. The van der Waals surface area contributed by atoms with Crippen LogP contribution in [0.4, 0.5) is 0 Å². The van der Waals surface area contributed by atoms with E-state index in [1.165, 1.54) is 6.26 Å². The van der Waals surface area contributed by atoms with Crippen LogP contribution in [0.5, 0.6) is 0 Å². The molecule has 1 amide bonds. The lowest BCUT2D eigenvalue weighted by atomic mass is 10.3. The SMILES string of the molecule is C#CCNC(=O)c1coc(C)c1. The molecule has 0 radical (unpaired) electrons. The molecule has 0 fully saturated rings. The average molecular weight is 163 g/mol. The minimum atomic E-state index is -0.204. The minimum Gasteiger partial charge on any atom is -0.469 e. The molecular weight excluding hydrogens is 154 g/mol. The third-order valence-electron chi connectivity index (χ3n) is 1.34. The van der Waals surface area contributed by atoms with Gasteiger partial charge in [-0.3, -0.25) is 4.79 Å². The summed E-state index contributed by atoms with van der Waals surface area (Å²) in [5.74, 6) is 2.82. The fourth-order valence-corrected chi connectivity index (χ4v) is 0.796. The van der Waals surface area contributed by atoms with Gasteiger partial charge in [0.05, 0.1) is 12.1 Å². The Labute approximate surface area is 70.8 Å². The zero-order valence-corrected chi connectivity index (χ0v) is 6.76. The number of aryl methyl sites for hydroxylation is 1. The molecule has 1 aromatic heterocycles. The summed E-state index contributed by atoms with van der Waals surface area (Å²) < 4.78 is 4.95. The molecular formula is C9H9NO2. The van der Waals surface area contributed by atoms with Gasteiger partial charge in [0.2, 0.25) is 0 Å². The van der Waals surface area contributed by atoms with Crippen LogP contribution in [0.1, 0.15) is 16.1 Å². The van der Waals surface area contributed by atoms with Crippen LogP contribution in [-0.2, 0) is 0 Å². The standard InChI is InChI=1S/C9H9NO2/c1-3-4-10-9(11)8-5-7(2)12-6-8/h1,5-6H,4H2,2H3,(H,10,11). The molecule has 0 aliphatic heterocycles. The lowest BCUT2D eigenvalue weighted by molar-refractivity contribution is 0.0958. The summed E-state index contributed by atoms with van der Waals surface area (Å²) in [6.07, 6.45) is 6.38. The highest BCUT2D eigenvalue weighted by molar-refractivity contribution is 5.94. The van der Waals surface area contributed by atoms with Crippen LogP contribution in [0.25, 0.3) is 0 Å². The zero-order valence-electron chi connectivity index (χ0n) is 6.76. The molecule has 1 rings (SSSR count). The Morgan fingerprint density at radius 2 is 2.58 bits per heavy atom. The Morgan fingerprint density at radius 1 is 1.83 bits per heavy atom. The Balaban J connectivity index is 2.61. The molecule has 3 heteroatoms. The summed E-state index contributed by atoms with van der Waals surface area (Å²) in [6.45, 7) is 2.01. The first-order chi connectivity index (χ1) is 5.74. The van der Waals surface area contributed by atoms with Crippen molar-refractivity contribution in [2.75, 3.05) is 6.54 Å². The highest BCUT2D eigenvalue weighted by atomic mass is 16.3. The van der Waals surface area contributed by atoms with Crippen LogP contribution < -0.4 is 5.32 Å². The van der Waals surface area contributed by atoms with Crippen molar-refractivity contribution >= 4 is 5.91 Å². The molecule has 0 unspecified atom stereocenters. The number of amides is 1. The lowest BCUT2D eigenvalue weighted by Crippen LogP contribution is -2.22. The number of rotatable bonds is 2. The third-order valence-corrected chi connectivity index (χ3v) is 1.34. The highest BCUT2D eigenvalue weighted by Crippen LogP contribution is 2.05. The van der Waals surface area contributed by atoms with Gasteiger partial charge in [-0.15, -0.1) is 6.42 Å². The van der Waals surface area contributed by atoms with Gasteiger partial charge in [0, 0.05) is 0 Å². The topological polar surface area (TPSA) is 42.2 Å². The smallest absolute Gasteiger partial charge is 0.255 e. The maximum Gasteiger partial charge on any atom is 0.255 e. The summed E-state index contributed by atoms with van der Waals surface area (Å²) in [6, 6.07) is 1.66. The van der Waals surface area contributed by atoms with E-state index in [1.54, 1.807) is 13.0 Å². The van der Waals surface area contributed by atoms with Gasteiger partial charge in [0.25, 0.3) is 5.91 Å². The molecule has 62 valence electrons. The van der Waals surface area contributed by atoms with Gasteiger partial charge in [0.1, 0.15) is 12.0 Å². The number of terminal acetylenes is 1. The number of nitrogens with one attached hydrogen (secondary N) is 1. The predicted molar refractivity (Wildman–Crippen MR) is 44.6 cm³/mol. The summed E-state index contributed by atoms with van der Waals surface area (Å²) >= 11 is 0. The van der Waals surface area contributed by atoms with Gasteiger partial charge in [-0.1, -0.05) is 5.92 Å². The van der Waals surface area contributed by atoms with E-state index in [-0.39, 0.29) is 12.5 Å². The Morgan fingerprint density at radius 3 is 3.08 bits per heavy atom. The molecule has 1 aromatic rings. The molecule has 1 heterocycles. The first-order valence-corrected chi connectivity index (χ1v) is 3.51. The Bertz CT molecular complexity index is 320. The third kappa shape index (κ3) is 1.89. The van der Waals surface area contributed by atoms with Crippen LogP contribution in [0, 0.1) is 19.3 Å². The number of carbonyl (C=O) groups is 1. The molecule has 12 heavy (non-hydrogen) atoms. The average Bonchev–Trinajstić information content (AvgIpc) is 2.47. The van der Waals surface area contributed by atoms with Gasteiger partial charge >= 0.3 is 0 Å². The summed E-state index contributed by atoms with van der Waals surface area (Å²) in [5, 5.41) is 2.53. The molecule has 0 saturated carbocycles. The van der Waals surface area contributed by atoms with Gasteiger partial charge < -0.3 is 9.73 Å². The Kier molecular flexibility index (Phi) is 2.54. The molecule has 1 N–H and O–H groups in total.